The zero-order valence-corrected chi connectivity index (χ0v) is 17.3. The van der Waals surface area contributed by atoms with Gasteiger partial charge in [-0.1, -0.05) is 38.0 Å². The molecule has 2 heterocycles. The third kappa shape index (κ3) is 3.34. The van der Waals surface area contributed by atoms with Crippen LogP contribution in [0.5, 0.6) is 0 Å². The lowest BCUT2D eigenvalue weighted by Gasteiger charge is -2.36. The van der Waals surface area contributed by atoms with E-state index in [-0.39, 0.29) is 23.8 Å². The average molecular weight is 413 g/mol. The molecule has 3 aliphatic rings. The lowest BCUT2D eigenvalue weighted by Crippen LogP contribution is -2.54. The third-order valence-electron chi connectivity index (χ3n) is 6.62. The Bertz CT molecular complexity index is 901. The fraction of sp³-hybridized carbons (Fsp3) is 0.545. The second-order valence-corrected chi connectivity index (χ2v) is 8.55. The standard InChI is InChI=1S/C22H27N3O5/c1-14-7-5-6-10-22(14)20(28)24(21(29)23-22)12-19(27)30-13-18(26)25-15(2)11-16-8-3-4-9-17(16)25/h3-4,8-9,14-15H,5-7,10-13H2,1-2H3,(H,23,29)/t14-,15+,22-/m1/s1. The number of carbonyl (C=O) groups excluding carboxylic acids is 4. The number of nitrogens with zero attached hydrogens (tertiary/aromatic N) is 2. The summed E-state index contributed by atoms with van der Waals surface area (Å²) in [4.78, 5) is 52.8. The van der Waals surface area contributed by atoms with Crippen LogP contribution in [0.2, 0.25) is 0 Å². The van der Waals surface area contributed by atoms with Crippen molar-refractivity contribution in [3.8, 4) is 0 Å². The molecule has 1 spiro atoms. The van der Waals surface area contributed by atoms with Crippen LogP contribution in [0.15, 0.2) is 24.3 Å². The van der Waals surface area contributed by atoms with Crippen LogP contribution in [0.3, 0.4) is 0 Å². The van der Waals surface area contributed by atoms with Gasteiger partial charge in [-0.05, 0) is 43.7 Å². The highest BCUT2D eigenvalue weighted by Gasteiger charge is 2.55. The first-order chi connectivity index (χ1) is 14.3. The molecule has 8 heteroatoms. The van der Waals surface area contributed by atoms with Crippen molar-refractivity contribution in [1.82, 2.24) is 10.2 Å². The SMILES string of the molecule is C[C@@H]1CCCC[C@@]12NC(=O)N(CC(=O)OCC(=O)N1c3ccccc3C[C@@H]1C)C2=O. The van der Waals surface area contributed by atoms with Crippen molar-refractivity contribution in [3.05, 3.63) is 29.8 Å². The molecule has 1 saturated carbocycles. The highest BCUT2D eigenvalue weighted by Crippen LogP contribution is 2.38. The summed E-state index contributed by atoms with van der Waals surface area (Å²) in [5.41, 5.74) is 0.990. The van der Waals surface area contributed by atoms with Gasteiger partial charge in [0.25, 0.3) is 11.8 Å². The molecular formula is C22H27N3O5. The Morgan fingerprint density at radius 3 is 2.73 bits per heavy atom. The first kappa shape index (κ1) is 20.4. The molecule has 1 aliphatic carbocycles. The van der Waals surface area contributed by atoms with E-state index >= 15 is 0 Å². The molecule has 1 aromatic carbocycles. The van der Waals surface area contributed by atoms with Gasteiger partial charge < -0.3 is 15.0 Å². The van der Waals surface area contributed by atoms with Gasteiger partial charge in [0.15, 0.2) is 6.61 Å². The number of para-hydroxylation sites is 1. The smallest absolute Gasteiger partial charge is 0.326 e. The van der Waals surface area contributed by atoms with Gasteiger partial charge in [0.2, 0.25) is 0 Å². The Kier molecular flexibility index (Phi) is 5.26. The summed E-state index contributed by atoms with van der Waals surface area (Å²) in [7, 11) is 0. The maximum atomic E-state index is 12.9. The van der Waals surface area contributed by atoms with Gasteiger partial charge in [-0.25, -0.2) is 4.79 Å². The number of benzene rings is 1. The van der Waals surface area contributed by atoms with E-state index in [1.165, 1.54) is 0 Å². The Morgan fingerprint density at radius 1 is 1.20 bits per heavy atom. The molecule has 1 saturated heterocycles. The molecule has 1 N–H and O–H groups in total. The number of esters is 1. The van der Waals surface area contributed by atoms with E-state index in [0.29, 0.717) is 6.42 Å². The van der Waals surface area contributed by atoms with Crippen molar-refractivity contribution < 1.29 is 23.9 Å². The molecule has 2 fully saturated rings. The number of carbonyl (C=O) groups is 4. The number of imide groups is 1. The van der Waals surface area contributed by atoms with E-state index < -0.39 is 30.7 Å². The van der Waals surface area contributed by atoms with Crippen molar-refractivity contribution >= 4 is 29.5 Å². The number of amides is 4. The molecule has 1 aromatic rings. The maximum absolute atomic E-state index is 12.9. The fourth-order valence-corrected chi connectivity index (χ4v) is 4.97. The number of ether oxygens (including phenoxy) is 1. The molecule has 0 bridgehead atoms. The second kappa shape index (κ2) is 7.74. The molecule has 8 nitrogen and oxygen atoms in total. The molecule has 0 aromatic heterocycles. The summed E-state index contributed by atoms with van der Waals surface area (Å²) in [6.45, 7) is 2.98. The Balaban J connectivity index is 1.36. The summed E-state index contributed by atoms with van der Waals surface area (Å²) in [5, 5.41) is 2.81. The fourth-order valence-electron chi connectivity index (χ4n) is 4.97. The number of urea groups is 1. The van der Waals surface area contributed by atoms with Crippen molar-refractivity contribution in [2.75, 3.05) is 18.1 Å². The number of fused-ring (bicyclic) bond motifs is 1. The molecule has 4 rings (SSSR count). The lowest BCUT2D eigenvalue weighted by atomic mass is 9.73. The predicted molar refractivity (Wildman–Crippen MR) is 109 cm³/mol. The summed E-state index contributed by atoms with van der Waals surface area (Å²) < 4.78 is 5.14. The van der Waals surface area contributed by atoms with Crippen molar-refractivity contribution in [3.63, 3.8) is 0 Å². The second-order valence-electron chi connectivity index (χ2n) is 8.55. The van der Waals surface area contributed by atoms with E-state index in [9.17, 15) is 19.2 Å². The minimum atomic E-state index is -0.917. The van der Waals surface area contributed by atoms with Crippen molar-refractivity contribution in [2.24, 2.45) is 5.92 Å². The average Bonchev–Trinajstić information content (AvgIpc) is 3.17. The highest BCUT2D eigenvalue weighted by molar-refractivity contribution is 6.09. The number of rotatable bonds is 4. The Labute approximate surface area is 175 Å². The van der Waals surface area contributed by atoms with E-state index in [1.54, 1.807) is 4.90 Å². The van der Waals surface area contributed by atoms with Gasteiger partial charge in [0.1, 0.15) is 12.1 Å². The van der Waals surface area contributed by atoms with E-state index in [1.807, 2.05) is 38.1 Å². The first-order valence-electron chi connectivity index (χ1n) is 10.5. The normalized spacial score (nSPS) is 27.9. The minimum Gasteiger partial charge on any atom is -0.454 e. The van der Waals surface area contributed by atoms with Crippen LogP contribution in [0.25, 0.3) is 0 Å². The largest absolute Gasteiger partial charge is 0.454 e. The van der Waals surface area contributed by atoms with Gasteiger partial charge in [0, 0.05) is 11.7 Å². The molecule has 3 atom stereocenters. The van der Waals surface area contributed by atoms with E-state index in [0.717, 1.165) is 41.8 Å². The summed E-state index contributed by atoms with van der Waals surface area (Å²) in [6.07, 6.45) is 4.06. The quantitative estimate of drug-likeness (QED) is 0.602. The van der Waals surface area contributed by atoms with Gasteiger partial charge in [-0.3, -0.25) is 19.3 Å². The van der Waals surface area contributed by atoms with Crippen LogP contribution >= 0.6 is 0 Å². The molecule has 0 radical (unpaired) electrons. The minimum absolute atomic E-state index is 0.0158. The highest BCUT2D eigenvalue weighted by atomic mass is 16.5. The van der Waals surface area contributed by atoms with Crippen LogP contribution in [0.1, 0.15) is 45.1 Å². The van der Waals surface area contributed by atoms with E-state index in [4.69, 9.17) is 4.74 Å². The van der Waals surface area contributed by atoms with Crippen LogP contribution in [-0.2, 0) is 25.5 Å². The molecule has 160 valence electrons. The van der Waals surface area contributed by atoms with Crippen molar-refractivity contribution in [2.45, 2.75) is 57.5 Å². The molecule has 4 amide bonds. The lowest BCUT2D eigenvalue weighted by molar-refractivity contribution is -0.151. The van der Waals surface area contributed by atoms with Crippen molar-refractivity contribution in [1.29, 1.82) is 0 Å². The number of hydrogen-bond donors (Lipinski definition) is 1. The maximum Gasteiger partial charge on any atom is 0.326 e. The summed E-state index contributed by atoms with van der Waals surface area (Å²) in [6, 6.07) is 7.05. The van der Waals surface area contributed by atoms with Gasteiger partial charge in [0.05, 0.1) is 0 Å². The topological polar surface area (TPSA) is 96.0 Å². The van der Waals surface area contributed by atoms with Crippen LogP contribution in [0.4, 0.5) is 10.5 Å². The molecule has 0 unspecified atom stereocenters. The van der Waals surface area contributed by atoms with Gasteiger partial charge in [-0.2, -0.15) is 0 Å². The summed E-state index contributed by atoms with van der Waals surface area (Å²) >= 11 is 0. The molecular weight excluding hydrogens is 386 g/mol. The third-order valence-corrected chi connectivity index (χ3v) is 6.62. The number of nitrogens with one attached hydrogen (secondary N) is 1. The van der Waals surface area contributed by atoms with E-state index in [2.05, 4.69) is 5.32 Å². The zero-order chi connectivity index (χ0) is 21.5. The van der Waals surface area contributed by atoms with Crippen LogP contribution in [0, 0.1) is 5.92 Å². The zero-order valence-electron chi connectivity index (χ0n) is 17.3. The Morgan fingerprint density at radius 2 is 1.97 bits per heavy atom. The van der Waals surface area contributed by atoms with Gasteiger partial charge >= 0.3 is 12.0 Å². The number of hydrogen-bond acceptors (Lipinski definition) is 5. The molecule has 30 heavy (non-hydrogen) atoms. The van der Waals surface area contributed by atoms with Crippen LogP contribution < -0.4 is 10.2 Å². The predicted octanol–water partition coefficient (Wildman–Crippen LogP) is 2.01. The Hall–Kier alpha value is -2.90. The molecule has 2 aliphatic heterocycles. The first-order valence-corrected chi connectivity index (χ1v) is 10.5. The summed E-state index contributed by atoms with van der Waals surface area (Å²) in [5.74, 6) is -1.45. The number of anilines is 1. The van der Waals surface area contributed by atoms with Gasteiger partial charge in [-0.15, -0.1) is 0 Å². The van der Waals surface area contributed by atoms with Crippen LogP contribution in [-0.4, -0.2) is 53.4 Å². The monoisotopic (exact) mass is 413 g/mol.